The lowest BCUT2D eigenvalue weighted by Crippen LogP contribution is -2.39. The van der Waals surface area contributed by atoms with Gasteiger partial charge >= 0.3 is 0 Å². The average Bonchev–Trinajstić information content (AvgIpc) is 3.42. The van der Waals surface area contributed by atoms with E-state index in [1.165, 1.54) is 32.9 Å². The molecule has 7 heteroatoms. The summed E-state index contributed by atoms with van der Waals surface area (Å²) in [5.41, 5.74) is 3.78. The Balaban J connectivity index is 1.74. The summed E-state index contributed by atoms with van der Waals surface area (Å²) in [6.45, 7) is 7.59. The van der Waals surface area contributed by atoms with Gasteiger partial charge < -0.3 is 10.1 Å². The second kappa shape index (κ2) is 8.24. The van der Waals surface area contributed by atoms with Crippen LogP contribution in [0.2, 0.25) is 0 Å². The molecule has 142 valence electrons. The lowest BCUT2D eigenvalue weighted by atomic mass is 9.96. The summed E-state index contributed by atoms with van der Waals surface area (Å²) in [5.74, 6) is -0.0291. The fourth-order valence-corrected chi connectivity index (χ4v) is 5.85. The zero-order valence-corrected chi connectivity index (χ0v) is 17.8. The fourth-order valence-electron chi connectivity index (χ4n) is 3.47. The molecule has 1 aliphatic rings. The van der Waals surface area contributed by atoms with Crippen molar-refractivity contribution in [2.45, 2.75) is 19.9 Å². The third-order valence-electron chi connectivity index (χ3n) is 4.95. The highest BCUT2D eigenvalue weighted by molar-refractivity contribution is 7.17. The number of hydrogen-bond acceptors (Lipinski definition) is 6. The van der Waals surface area contributed by atoms with E-state index in [1.54, 1.807) is 22.7 Å². The van der Waals surface area contributed by atoms with Gasteiger partial charge in [0.05, 0.1) is 24.1 Å². The molecular formula is C20H22N2O2S3. The Morgan fingerprint density at radius 3 is 2.70 bits per heavy atom. The van der Waals surface area contributed by atoms with Crippen LogP contribution >= 0.6 is 34.0 Å². The van der Waals surface area contributed by atoms with Crippen molar-refractivity contribution in [3.8, 4) is 0 Å². The largest absolute Gasteiger partial charge is 0.379 e. The summed E-state index contributed by atoms with van der Waals surface area (Å²) in [7, 11) is 0. The van der Waals surface area contributed by atoms with Crippen LogP contribution in [0, 0.1) is 13.8 Å². The van der Waals surface area contributed by atoms with Gasteiger partial charge in [-0.05, 0) is 53.2 Å². The molecule has 0 unspecified atom stereocenters. The summed E-state index contributed by atoms with van der Waals surface area (Å²) >= 11 is 4.86. The Bertz CT molecular complexity index is 894. The number of ether oxygens (including phenoxy) is 1. The van der Waals surface area contributed by atoms with Crippen molar-refractivity contribution in [2.75, 3.05) is 31.6 Å². The number of thiophene rings is 3. The number of nitrogens with one attached hydrogen (secondary N) is 1. The van der Waals surface area contributed by atoms with Crippen molar-refractivity contribution in [2.24, 2.45) is 0 Å². The highest BCUT2D eigenvalue weighted by Crippen LogP contribution is 2.43. The van der Waals surface area contributed by atoms with E-state index in [4.69, 9.17) is 4.74 Å². The Kier molecular flexibility index (Phi) is 5.75. The van der Waals surface area contributed by atoms with Gasteiger partial charge in [-0.2, -0.15) is 11.3 Å². The van der Waals surface area contributed by atoms with Crippen LogP contribution in [-0.4, -0.2) is 37.1 Å². The maximum atomic E-state index is 12.7. The Hall–Kier alpha value is -1.51. The maximum absolute atomic E-state index is 12.7. The molecule has 4 nitrogen and oxygen atoms in total. The first-order valence-electron chi connectivity index (χ1n) is 8.93. The first-order chi connectivity index (χ1) is 13.1. The number of hydrogen-bond donors (Lipinski definition) is 1. The molecule has 0 saturated carbocycles. The predicted octanol–water partition coefficient (Wildman–Crippen LogP) is 5.16. The summed E-state index contributed by atoms with van der Waals surface area (Å²) in [4.78, 5) is 17.2. The zero-order valence-electron chi connectivity index (χ0n) is 15.4. The third-order valence-corrected chi connectivity index (χ3v) is 7.66. The van der Waals surface area contributed by atoms with Crippen molar-refractivity contribution < 1.29 is 9.53 Å². The lowest BCUT2D eigenvalue weighted by Gasteiger charge is -2.35. The second-order valence-electron chi connectivity index (χ2n) is 6.57. The molecule has 0 bridgehead atoms. The molecule has 1 N–H and O–H groups in total. The van der Waals surface area contributed by atoms with Gasteiger partial charge in [-0.25, -0.2) is 0 Å². The molecule has 4 heterocycles. The average molecular weight is 419 g/mol. The quantitative estimate of drug-likeness (QED) is 0.622. The van der Waals surface area contributed by atoms with Gasteiger partial charge in [0, 0.05) is 23.5 Å². The summed E-state index contributed by atoms with van der Waals surface area (Å²) in [6.07, 6.45) is 0. The van der Waals surface area contributed by atoms with Crippen LogP contribution < -0.4 is 5.32 Å². The van der Waals surface area contributed by atoms with Gasteiger partial charge in [-0.3, -0.25) is 9.69 Å². The number of carbonyl (C=O) groups is 1. The van der Waals surface area contributed by atoms with Crippen LogP contribution in [0.1, 0.15) is 37.3 Å². The molecule has 1 saturated heterocycles. The molecule has 0 aliphatic carbocycles. The van der Waals surface area contributed by atoms with Gasteiger partial charge in [0.15, 0.2) is 0 Å². The van der Waals surface area contributed by atoms with E-state index in [0.29, 0.717) is 0 Å². The van der Waals surface area contributed by atoms with Crippen LogP contribution in [-0.2, 0) is 4.74 Å². The number of nitrogens with zero attached hydrogens (tertiary/aromatic N) is 1. The molecule has 0 radical (unpaired) electrons. The minimum absolute atomic E-state index is 0.0291. The van der Waals surface area contributed by atoms with Crippen molar-refractivity contribution in [3.05, 3.63) is 60.8 Å². The lowest BCUT2D eigenvalue weighted by molar-refractivity contribution is 0.0241. The van der Waals surface area contributed by atoms with Crippen LogP contribution in [0.5, 0.6) is 0 Å². The van der Waals surface area contributed by atoms with Gasteiger partial charge in [-0.15, -0.1) is 22.7 Å². The molecular weight excluding hydrogens is 396 g/mol. The van der Waals surface area contributed by atoms with Crippen molar-refractivity contribution in [1.29, 1.82) is 0 Å². The Labute approximate surface area is 171 Å². The first kappa shape index (κ1) is 18.8. The standard InChI is InChI=1S/C20H22N2O2S3/c1-13-14(2)27-20(21-19(23)16-4-3-10-26-16)17(13)18(15-5-11-25-12-15)22-6-8-24-9-7-22/h3-5,10-12,18H,6-9H2,1-2H3,(H,21,23)/t18-/m0/s1. The van der Waals surface area contributed by atoms with Crippen molar-refractivity contribution in [3.63, 3.8) is 0 Å². The zero-order chi connectivity index (χ0) is 18.8. The second-order valence-corrected chi connectivity index (χ2v) is 9.52. The molecule has 1 fully saturated rings. The topological polar surface area (TPSA) is 41.6 Å². The summed E-state index contributed by atoms with van der Waals surface area (Å²) < 4.78 is 5.58. The highest BCUT2D eigenvalue weighted by Gasteiger charge is 2.30. The van der Waals surface area contributed by atoms with E-state index in [-0.39, 0.29) is 11.9 Å². The van der Waals surface area contributed by atoms with E-state index in [1.807, 2.05) is 17.5 Å². The Morgan fingerprint density at radius 1 is 1.22 bits per heavy atom. The van der Waals surface area contributed by atoms with Crippen molar-refractivity contribution >= 4 is 44.9 Å². The molecule has 3 aromatic heterocycles. The number of anilines is 1. The first-order valence-corrected chi connectivity index (χ1v) is 11.6. The van der Waals surface area contributed by atoms with E-state index in [9.17, 15) is 4.79 Å². The smallest absolute Gasteiger partial charge is 0.266 e. The molecule has 3 aromatic rings. The molecule has 27 heavy (non-hydrogen) atoms. The number of aryl methyl sites for hydroxylation is 1. The monoisotopic (exact) mass is 418 g/mol. The Morgan fingerprint density at radius 2 is 2.04 bits per heavy atom. The molecule has 4 rings (SSSR count). The summed E-state index contributed by atoms with van der Waals surface area (Å²) in [6, 6.07) is 6.12. The molecule has 1 amide bonds. The SMILES string of the molecule is Cc1sc(NC(=O)c2cccs2)c([C@H](c2ccsc2)N2CCOCC2)c1C. The van der Waals surface area contributed by atoms with E-state index >= 15 is 0 Å². The van der Waals surface area contributed by atoms with Crippen LogP contribution in [0.25, 0.3) is 0 Å². The maximum Gasteiger partial charge on any atom is 0.266 e. The van der Waals surface area contributed by atoms with Gasteiger partial charge in [0.25, 0.3) is 5.91 Å². The molecule has 1 atom stereocenters. The highest BCUT2D eigenvalue weighted by atomic mass is 32.1. The summed E-state index contributed by atoms with van der Waals surface area (Å²) in [5, 5.41) is 10.4. The fraction of sp³-hybridized carbons (Fsp3) is 0.350. The van der Waals surface area contributed by atoms with Crippen molar-refractivity contribution in [1.82, 2.24) is 4.90 Å². The minimum Gasteiger partial charge on any atom is -0.379 e. The molecule has 0 aromatic carbocycles. The minimum atomic E-state index is -0.0291. The molecule has 1 aliphatic heterocycles. The van der Waals surface area contributed by atoms with E-state index < -0.39 is 0 Å². The predicted molar refractivity (Wildman–Crippen MR) is 115 cm³/mol. The van der Waals surface area contributed by atoms with E-state index in [0.717, 1.165) is 36.2 Å². The normalized spacial score (nSPS) is 16.4. The van der Waals surface area contributed by atoms with Crippen LogP contribution in [0.3, 0.4) is 0 Å². The third kappa shape index (κ3) is 3.88. The number of amides is 1. The van der Waals surface area contributed by atoms with Gasteiger partial charge in [0.1, 0.15) is 5.00 Å². The van der Waals surface area contributed by atoms with Crippen LogP contribution in [0.15, 0.2) is 34.3 Å². The molecule has 0 spiro atoms. The number of rotatable bonds is 5. The van der Waals surface area contributed by atoms with E-state index in [2.05, 4.69) is 40.9 Å². The van der Waals surface area contributed by atoms with Gasteiger partial charge in [-0.1, -0.05) is 6.07 Å². The number of carbonyl (C=O) groups excluding carboxylic acids is 1. The number of morpholine rings is 1. The van der Waals surface area contributed by atoms with Gasteiger partial charge in [0.2, 0.25) is 0 Å². The van der Waals surface area contributed by atoms with Crippen LogP contribution in [0.4, 0.5) is 5.00 Å².